The van der Waals surface area contributed by atoms with Crippen LogP contribution in [0.15, 0.2) is 53.3 Å². The van der Waals surface area contributed by atoms with Gasteiger partial charge in [0.05, 0.1) is 37.6 Å². The summed E-state index contributed by atoms with van der Waals surface area (Å²) in [5.41, 5.74) is 1.55. The molecule has 0 aliphatic heterocycles. The number of hydrogen-bond acceptors (Lipinski definition) is 6. The van der Waals surface area contributed by atoms with Crippen LogP contribution in [0.4, 0.5) is 0 Å². The lowest BCUT2D eigenvalue weighted by Crippen LogP contribution is -2.21. The second-order valence-corrected chi connectivity index (χ2v) is 7.67. The summed E-state index contributed by atoms with van der Waals surface area (Å²) >= 11 is 1.23. The van der Waals surface area contributed by atoms with E-state index >= 15 is 0 Å². The normalized spacial score (nSPS) is 11.0. The molecule has 6 nitrogen and oxygen atoms in total. The third-order valence-corrected chi connectivity index (χ3v) is 6.11. The number of thiophene rings is 1. The summed E-state index contributed by atoms with van der Waals surface area (Å²) in [5.74, 6) is 0.540. The molecular formula is C23H21NO5S. The molecule has 2 aromatic heterocycles. The van der Waals surface area contributed by atoms with Gasteiger partial charge >= 0.3 is 5.97 Å². The van der Waals surface area contributed by atoms with Crippen LogP contribution >= 0.6 is 11.3 Å². The Balaban J connectivity index is 1.98. The van der Waals surface area contributed by atoms with Crippen LogP contribution in [-0.2, 0) is 11.3 Å². The van der Waals surface area contributed by atoms with Gasteiger partial charge in [-0.1, -0.05) is 30.3 Å². The van der Waals surface area contributed by atoms with E-state index in [2.05, 4.69) is 0 Å². The molecule has 0 N–H and O–H groups in total. The molecule has 4 rings (SSSR count). The number of aromatic nitrogens is 1. The highest BCUT2D eigenvalue weighted by atomic mass is 32.1. The summed E-state index contributed by atoms with van der Waals surface area (Å²) in [4.78, 5) is 26.3. The molecule has 2 heterocycles. The molecule has 0 radical (unpaired) electrons. The topological polar surface area (TPSA) is 66.8 Å². The molecule has 0 spiro atoms. The van der Waals surface area contributed by atoms with Crippen LogP contribution in [0.2, 0.25) is 0 Å². The highest BCUT2D eigenvalue weighted by molar-refractivity contribution is 7.22. The molecule has 0 atom stereocenters. The van der Waals surface area contributed by atoms with Crippen LogP contribution in [0, 0.1) is 0 Å². The lowest BCUT2D eigenvalue weighted by atomic mass is 10.1. The molecule has 4 aromatic rings. The summed E-state index contributed by atoms with van der Waals surface area (Å²) in [6, 6.07) is 15.3. The molecule has 0 bridgehead atoms. The van der Waals surface area contributed by atoms with E-state index < -0.39 is 5.97 Å². The Morgan fingerprint density at radius 2 is 1.77 bits per heavy atom. The monoisotopic (exact) mass is 423 g/mol. The Labute approximate surface area is 177 Å². The largest absolute Gasteiger partial charge is 0.497 e. The van der Waals surface area contributed by atoms with Crippen molar-refractivity contribution in [2.24, 2.45) is 0 Å². The molecule has 0 saturated heterocycles. The molecule has 0 saturated carbocycles. The summed E-state index contributed by atoms with van der Waals surface area (Å²) < 4.78 is 18.3. The average molecular weight is 423 g/mol. The van der Waals surface area contributed by atoms with E-state index in [0.29, 0.717) is 16.8 Å². The highest BCUT2D eigenvalue weighted by Crippen LogP contribution is 2.40. The SMILES string of the molecule is CCOC(=O)c1sc2c(c1OC)c(=O)n(Cc1ccc(OC)cc1)c1ccccc21. The number of nitrogens with zero attached hydrogens (tertiary/aromatic N) is 1. The summed E-state index contributed by atoms with van der Waals surface area (Å²) in [6.07, 6.45) is 0. The second kappa shape index (κ2) is 8.20. The first-order chi connectivity index (χ1) is 14.6. The first-order valence-electron chi connectivity index (χ1n) is 9.51. The standard InChI is InChI=1S/C23H21NO5S/c1-4-29-23(26)21-19(28-3)18-20(30-21)16-7-5-6-8-17(16)24(22(18)25)13-14-9-11-15(27-2)12-10-14/h5-12H,4,13H2,1-3H3. The minimum Gasteiger partial charge on any atom is -0.497 e. The lowest BCUT2D eigenvalue weighted by Gasteiger charge is -2.12. The molecule has 0 unspecified atom stereocenters. The van der Waals surface area contributed by atoms with Gasteiger partial charge in [-0.3, -0.25) is 4.79 Å². The molecular weight excluding hydrogens is 402 g/mol. The number of methoxy groups -OCH3 is 2. The fraction of sp³-hybridized carbons (Fsp3) is 0.217. The molecule has 30 heavy (non-hydrogen) atoms. The van der Waals surface area contributed by atoms with Gasteiger partial charge in [-0.25, -0.2) is 4.79 Å². The third-order valence-electron chi connectivity index (χ3n) is 4.93. The van der Waals surface area contributed by atoms with Gasteiger partial charge in [-0.05, 0) is 30.7 Å². The van der Waals surface area contributed by atoms with E-state index in [1.165, 1.54) is 18.4 Å². The van der Waals surface area contributed by atoms with Crippen LogP contribution in [0.1, 0.15) is 22.2 Å². The molecule has 7 heteroatoms. The van der Waals surface area contributed by atoms with Crippen LogP contribution in [0.5, 0.6) is 11.5 Å². The number of ether oxygens (including phenoxy) is 3. The van der Waals surface area contributed by atoms with Gasteiger partial charge in [0.1, 0.15) is 11.1 Å². The van der Waals surface area contributed by atoms with Gasteiger partial charge in [0.25, 0.3) is 5.56 Å². The van der Waals surface area contributed by atoms with Crippen LogP contribution in [-0.4, -0.2) is 31.4 Å². The second-order valence-electron chi connectivity index (χ2n) is 6.65. The zero-order valence-electron chi connectivity index (χ0n) is 16.9. The van der Waals surface area contributed by atoms with Crippen molar-refractivity contribution in [1.29, 1.82) is 0 Å². The van der Waals surface area contributed by atoms with E-state index in [1.807, 2.05) is 48.5 Å². The minimum atomic E-state index is -0.485. The summed E-state index contributed by atoms with van der Waals surface area (Å²) in [7, 11) is 3.08. The van der Waals surface area contributed by atoms with Crippen LogP contribution < -0.4 is 15.0 Å². The minimum absolute atomic E-state index is 0.205. The Kier molecular flexibility index (Phi) is 5.46. The molecule has 0 amide bonds. The maximum Gasteiger partial charge on any atom is 0.352 e. The smallest absolute Gasteiger partial charge is 0.352 e. The van der Waals surface area contributed by atoms with Gasteiger partial charge < -0.3 is 18.8 Å². The van der Waals surface area contributed by atoms with Gasteiger partial charge in [0.2, 0.25) is 0 Å². The Morgan fingerprint density at radius 3 is 2.43 bits per heavy atom. The molecule has 154 valence electrons. The Bertz CT molecular complexity index is 1290. The van der Waals surface area contributed by atoms with Crippen molar-refractivity contribution < 1.29 is 19.0 Å². The lowest BCUT2D eigenvalue weighted by molar-refractivity contribution is 0.0529. The first kappa shape index (κ1) is 20.0. The third kappa shape index (κ3) is 3.31. The fourth-order valence-electron chi connectivity index (χ4n) is 3.54. The number of carbonyl (C=O) groups is 1. The number of pyridine rings is 1. The van der Waals surface area contributed by atoms with E-state index in [9.17, 15) is 9.59 Å². The van der Waals surface area contributed by atoms with Crippen molar-refractivity contribution in [3.63, 3.8) is 0 Å². The molecule has 0 fully saturated rings. The van der Waals surface area contributed by atoms with Gasteiger partial charge in [0.15, 0.2) is 10.6 Å². The number of hydrogen-bond donors (Lipinski definition) is 0. The van der Waals surface area contributed by atoms with E-state index in [0.717, 1.165) is 26.9 Å². The average Bonchev–Trinajstić information content (AvgIpc) is 3.17. The maximum absolute atomic E-state index is 13.6. The molecule has 2 aromatic carbocycles. The summed E-state index contributed by atoms with van der Waals surface area (Å²) in [5, 5.41) is 1.29. The van der Waals surface area contributed by atoms with Crippen molar-refractivity contribution in [2.45, 2.75) is 13.5 Å². The van der Waals surface area contributed by atoms with Crippen molar-refractivity contribution >= 4 is 38.3 Å². The Morgan fingerprint density at radius 1 is 1.03 bits per heavy atom. The number of fused-ring (bicyclic) bond motifs is 3. The first-order valence-corrected chi connectivity index (χ1v) is 10.3. The Hall–Kier alpha value is -3.32. The van der Waals surface area contributed by atoms with Crippen LogP contribution in [0.25, 0.3) is 21.0 Å². The number of esters is 1. The van der Waals surface area contributed by atoms with Crippen molar-refractivity contribution in [3.05, 3.63) is 69.3 Å². The number of carbonyl (C=O) groups excluding carboxylic acids is 1. The van der Waals surface area contributed by atoms with Gasteiger partial charge in [-0.2, -0.15) is 0 Å². The highest BCUT2D eigenvalue weighted by Gasteiger charge is 2.25. The van der Waals surface area contributed by atoms with E-state index in [1.54, 1.807) is 18.6 Å². The molecule has 0 aliphatic rings. The molecule has 0 aliphatic carbocycles. The van der Waals surface area contributed by atoms with E-state index in [4.69, 9.17) is 14.2 Å². The maximum atomic E-state index is 13.6. The van der Waals surface area contributed by atoms with Crippen molar-refractivity contribution in [1.82, 2.24) is 4.57 Å². The van der Waals surface area contributed by atoms with Crippen molar-refractivity contribution in [2.75, 3.05) is 20.8 Å². The number of para-hydroxylation sites is 1. The zero-order chi connectivity index (χ0) is 21.3. The predicted octanol–water partition coefficient (Wildman–Crippen LogP) is 4.46. The predicted molar refractivity (Wildman–Crippen MR) is 118 cm³/mol. The van der Waals surface area contributed by atoms with E-state index in [-0.39, 0.29) is 17.9 Å². The number of benzene rings is 2. The van der Waals surface area contributed by atoms with Gasteiger partial charge in [0, 0.05) is 5.39 Å². The van der Waals surface area contributed by atoms with Crippen molar-refractivity contribution in [3.8, 4) is 11.5 Å². The quantitative estimate of drug-likeness (QED) is 0.429. The zero-order valence-corrected chi connectivity index (χ0v) is 17.7. The fourth-order valence-corrected chi connectivity index (χ4v) is 4.73. The van der Waals surface area contributed by atoms with Crippen LogP contribution in [0.3, 0.4) is 0 Å². The van der Waals surface area contributed by atoms with Gasteiger partial charge in [-0.15, -0.1) is 11.3 Å². The summed E-state index contributed by atoms with van der Waals surface area (Å²) in [6.45, 7) is 2.38. The number of rotatable bonds is 6.